The van der Waals surface area contributed by atoms with Gasteiger partial charge in [-0.1, -0.05) is 24.3 Å². The predicted octanol–water partition coefficient (Wildman–Crippen LogP) is 3.79. The Morgan fingerprint density at radius 2 is 1.92 bits per heavy atom. The number of ether oxygens (including phenoxy) is 1. The third-order valence-electron chi connectivity index (χ3n) is 6.65. The zero-order valence-corrected chi connectivity index (χ0v) is 21.1. The highest BCUT2D eigenvalue weighted by Gasteiger charge is 2.35. The van der Waals surface area contributed by atoms with Crippen molar-refractivity contribution in [1.29, 1.82) is 0 Å². The summed E-state index contributed by atoms with van der Waals surface area (Å²) in [6, 6.07) is 14.4. The normalized spacial score (nSPS) is 17.6. The number of nitrogens with zero attached hydrogens (tertiary/aromatic N) is 5. The van der Waals surface area contributed by atoms with Crippen LogP contribution >= 0.6 is 0 Å². The standard InChI is InChI=1S/C27H29F2N7O2/c1-34-15-19(14-30-34)24-13-26(36(33-24)20-6-4-3-5-7-20)32-27(37)31-25-17-35(10-11-38-2)16-21(25)18-8-9-22(28)23(29)12-18/h3-9,12-15,21,25H,10-11,16-17H2,1-2H3,(H2,31,32,37). The molecule has 1 aliphatic heterocycles. The largest absolute Gasteiger partial charge is 0.383 e. The number of hydrogen-bond acceptors (Lipinski definition) is 5. The summed E-state index contributed by atoms with van der Waals surface area (Å²) in [7, 11) is 3.45. The topological polar surface area (TPSA) is 89.2 Å². The minimum atomic E-state index is -0.907. The molecule has 1 fully saturated rings. The second kappa shape index (κ2) is 11.1. The van der Waals surface area contributed by atoms with E-state index in [1.807, 2.05) is 43.6 Å². The summed E-state index contributed by atoms with van der Waals surface area (Å²) in [4.78, 5) is 15.4. The summed E-state index contributed by atoms with van der Waals surface area (Å²) in [5.41, 5.74) is 2.88. The molecule has 2 unspecified atom stereocenters. The van der Waals surface area contributed by atoms with Crippen molar-refractivity contribution in [3.05, 3.63) is 84.2 Å². The van der Waals surface area contributed by atoms with Crippen LogP contribution in [0.3, 0.4) is 0 Å². The van der Waals surface area contributed by atoms with Gasteiger partial charge in [-0.25, -0.2) is 18.3 Å². The number of likely N-dealkylation sites (tertiary alicyclic amines) is 1. The van der Waals surface area contributed by atoms with E-state index in [-0.39, 0.29) is 12.0 Å². The van der Waals surface area contributed by atoms with E-state index >= 15 is 0 Å². The molecule has 198 valence electrons. The second-order valence-electron chi connectivity index (χ2n) is 9.30. The van der Waals surface area contributed by atoms with Gasteiger partial charge in [0.05, 0.1) is 30.2 Å². The summed E-state index contributed by atoms with van der Waals surface area (Å²) in [6.45, 7) is 2.30. The number of carbonyl (C=O) groups is 1. The van der Waals surface area contributed by atoms with E-state index in [4.69, 9.17) is 9.84 Å². The molecule has 1 aliphatic rings. The maximum Gasteiger partial charge on any atom is 0.320 e. The van der Waals surface area contributed by atoms with Crippen LogP contribution in [0, 0.1) is 11.6 Å². The Morgan fingerprint density at radius 1 is 1.11 bits per heavy atom. The molecule has 2 aromatic carbocycles. The van der Waals surface area contributed by atoms with Crippen molar-refractivity contribution in [2.24, 2.45) is 7.05 Å². The minimum absolute atomic E-state index is 0.224. The number of para-hydroxylation sites is 1. The van der Waals surface area contributed by atoms with Gasteiger partial charge >= 0.3 is 6.03 Å². The molecule has 0 aliphatic carbocycles. The van der Waals surface area contributed by atoms with E-state index in [9.17, 15) is 13.6 Å². The average molecular weight is 522 g/mol. The van der Waals surface area contributed by atoms with Gasteiger partial charge in [0, 0.05) is 57.5 Å². The van der Waals surface area contributed by atoms with Crippen molar-refractivity contribution in [3.63, 3.8) is 0 Å². The van der Waals surface area contributed by atoms with Crippen LogP contribution in [-0.4, -0.2) is 69.9 Å². The molecule has 2 atom stereocenters. The van der Waals surface area contributed by atoms with Gasteiger partial charge in [-0.3, -0.25) is 14.9 Å². The fourth-order valence-electron chi connectivity index (χ4n) is 4.77. The minimum Gasteiger partial charge on any atom is -0.383 e. The number of anilines is 1. The van der Waals surface area contributed by atoms with Crippen LogP contribution in [0.1, 0.15) is 11.5 Å². The van der Waals surface area contributed by atoms with Crippen LogP contribution in [0.15, 0.2) is 67.0 Å². The van der Waals surface area contributed by atoms with E-state index in [0.29, 0.717) is 43.3 Å². The molecule has 0 bridgehead atoms. The summed E-state index contributed by atoms with van der Waals surface area (Å²) in [6.07, 6.45) is 3.56. The maximum atomic E-state index is 14.0. The van der Waals surface area contributed by atoms with Gasteiger partial charge in [-0.05, 0) is 29.8 Å². The molecule has 0 radical (unpaired) electrons. The van der Waals surface area contributed by atoms with Crippen molar-refractivity contribution in [2.45, 2.75) is 12.0 Å². The molecular weight excluding hydrogens is 492 g/mol. The first-order chi connectivity index (χ1) is 18.4. The molecule has 0 spiro atoms. The Kier molecular flexibility index (Phi) is 7.47. The summed E-state index contributed by atoms with van der Waals surface area (Å²) < 4.78 is 36.2. The first kappa shape index (κ1) is 25.6. The number of urea groups is 1. The van der Waals surface area contributed by atoms with Crippen LogP contribution in [-0.2, 0) is 11.8 Å². The Balaban J connectivity index is 1.38. The SMILES string of the molecule is COCCN1CC(NC(=O)Nc2cc(-c3cnn(C)c3)nn2-c2ccccc2)C(c2ccc(F)c(F)c2)C1. The van der Waals surface area contributed by atoms with Crippen LogP contribution in [0.2, 0.25) is 0 Å². The molecule has 3 heterocycles. The van der Waals surface area contributed by atoms with E-state index in [0.717, 1.165) is 17.3 Å². The Hall–Kier alpha value is -4.09. The van der Waals surface area contributed by atoms with Gasteiger partial charge in [0.1, 0.15) is 5.82 Å². The van der Waals surface area contributed by atoms with Crippen LogP contribution in [0.5, 0.6) is 0 Å². The molecule has 1 saturated heterocycles. The average Bonchev–Trinajstić information content (AvgIpc) is 3.63. The van der Waals surface area contributed by atoms with Crippen molar-refractivity contribution in [2.75, 3.05) is 38.7 Å². The van der Waals surface area contributed by atoms with Gasteiger partial charge in [-0.15, -0.1) is 0 Å². The summed E-state index contributed by atoms with van der Waals surface area (Å²) in [5.74, 6) is -1.55. The number of carbonyl (C=O) groups excluding carboxylic acids is 1. The molecule has 4 aromatic rings. The molecule has 2 amide bonds. The molecule has 2 N–H and O–H groups in total. The fraction of sp³-hybridized carbons (Fsp3) is 0.296. The molecule has 38 heavy (non-hydrogen) atoms. The highest BCUT2D eigenvalue weighted by Crippen LogP contribution is 2.29. The lowest BCUT2D eigenvalue weighted by atomic mass is 9.94. The lowest BCUT2D eigenvalue weighted by Gasteiger charge is -2.21. The van der Waals surface area contributed by atoms with E-state index in [1.54, 1.807) is 34.8 Å². The Bertz CT molecular complexity index is 1410. The molecule has 5 rings (SSSR count). The summed E-state index contributed by atoms with van der Waals surface area (Å²) >= 11 is 0. The predicted molar refractivity (Wildman–Crippen MR) is 139 cm³/mol. The number of benzene rings is 2. The van der Waals surface area contributed by atoms with Gasteiger partial charge in [-0.2, -0.15) is 10.2 Å². The number of aromatic nitrogens is 4. The highest BCUT2D eigenvalue weighted by atomic mass is 19.2. The van der Waals surface area contributed by atoms with Crippen molar-refractivity contribution < 1.29 is 18.3 Å². The number of aryl methyl sites for hydroxylation is 1. The number of hydrogen-bond donors (Lipinski definition) is 2. The smallest absolute Gasteiger partial charge is 0.320 e. The fourth-order valence-corrected chi connectivity index (χ4v) is 4.77. The zero-order valence-electron chi connectivity index (χ0n) is 21.1. The number of methoxy groups -OCH3 is 1. The quantitative estimate of drug-likeness (QED) is 0.368. The second-order valence-corrected chi connectivity index (χ2v) is 9.30. The lowest BCUT2D eigenvalue weighted by molar-refractivity contribution is 0.159. The van der Waals surface area contributed by atoms with Crippen LogP contribution < -0.4 is 10.6 Å². The van der Waals surface area contributed by atoms with Crippen molar-refractivity contribution in [3.8, 4) is 16.9 Å². The van der Waals surface area contributed by atoms with Crippen molar-refractivity contribution >= 4 is 11.8 Å². The highest BCUT2D eigenvalue weighted by molar-refractivity contribution is 5.89. The molecule has 9 nitrogen and oxygen atoms in total. The van der Waals surface area contributed by atoms with Crippen LogP contribution in [0.25, 0.3) is 16.9 Å². The van der Waals surface area contributed by atoms with E-state index in [1.165, 1.54) is 6.07 Å². The van der Waals surface area contributed by atoms with Crippen LogP contribution in [0.4, 0.5) is 19.4 Å². The Labute approximate surface area is 219 Å². The molecule has 0 saturated carbocycles. The van der Waals surface area contributed by atoms with Gasteiger partial charge in [0.15, 0.2) is 11.6 Å². The van der Waals surface area contributed by atoms with E-state index < -0.39 is 17.7 Å². The van der Waals surface area contributed by atoms with E-state index in [2.05, 4.69) is 20.6 Å². The zero-order chi connectivity index (χ0) is 26.6. The Morgan fingerprint density at radius 3 is 2.63 bits per heavy atom. The maximum absolute atomic E-state index is 14.0. The first-order valence-electron chi connectivity index (χ1n) is 12.3. The van der Waals surface area contributed by atoms with Crippen molar-refractivity contribution in [1.82, 2.24) is 29.8 Å². The van der Waals surface area contributed by atoms with Gasteiger partial charge in [0.25, 0.3) is 0 Å². The number of nitrogens with one attached hydrogen (secondary N) is 2. The monoisotopic (exact) mass is 521 g/mol. The molecule has 2 aromatic heterocycles. The number of amides is 2. The number of rotatable bonds is 8. The molecule has 11 heteroatoms. The molecular formula is C27H29F2N7O2. The van der Waals surface area contributed by atoms with Gasteiger partial charge in [0.2, 0.25) is 0 Å². The summed E-state index contributed by atoms with van der Waals surface area (Å²) in [5, 5.41) is 14.9. The lowest BCUT2D eigenvalue weighted by Crippen LogP contribution is -2.42. The third-order valence-corrected chi connectivity index (χ3v) is 6.65. The first-order valence-corrected chi connectivity index (χ1v) is 12.3. The third kappa shape index (κ3) is 5.58. The van der Waals surface area contributed by atoms with Gasteiger partial charge < -0.3 is 10.1 Å². The number of halogens is 2.